The highest BCUT2D eigenvalue weighted by atomic mass is 32.2. The van der Waals surface area contributed by atoms with Crippen molar-refractivity contribution < 1.29 is 22.7 Å². The van der Waals surface area contributed by atoms with Crippen LogP contribution in [0.15, 0.2) is 77.7 Å². The molecule has 0 atom stereocenters. The van der Waals surface area contributed by atoms with Gasteiger partial charge in [0.05, 0.1) is 24.5 Å². The van der Waals surface area contributed by atoms with Gasteiger partial charge in [0.15, 0.2) is 11.5 Å². The van der Waals surface area contributed by atoms with E-state index in [1.165, 1.54) is 26.4 Å². The molecule has 4 rings (SSSR count). The first-order valence-corrected chi connectivity index (χ1v) is 12.0. The molecule has 3 aromatic rings. The Hall–Kier alpha value is -3.52. The lowest BCUT2D eigenvalue weighted by Crippen LogP contribution is -2.34. The van der Waals surface area contributed by atoms with E-state index in [0.29, 0.717) is 23.7 Å². The van der Waals surface area contributed by atoms with Gasteiger partial charge in [0.1, 0.15) is 0 Å². The van der Waals surface area contributed by atoms with Crippen LogP contribution in [0.3, 0.4) is 0 Å². The molecule has 0 radical (unpaired) electrons. The molecule has 0 bridgehead atoms. The number of methoxy groups -OCH3 is 2. The summed E-state index contributed by atoms with van der Waals surface area (Å²) in [5.74, 6) is 0.763. The Bertz CT molecular complexity index is 1240. The SMILES string of the molecule is COc1ccc(S(=O)(=O)Nc2ccc(C3(C(=O)NCc4ccccc4)CC3)cc2)cc1OC. The van der Waals surface area contributed by atoms with Crippen molar-refractivity contribution in [3.63, 3.8) is 0 Å². The lowest BCUT2D eigenvalue weighted by Gasteiger charge is -2.17. The smallest absolute Gasteiger partial charge is 0.262 e. The van der Waals surface area contributed by atoms with Gasteiger partial charge in [0, 0.05) is 18.3 Å². The van der Waals surface area contributed by atoms with Crippen LogP contribution in [0.25, 0.3) is 0 Å². The summed E-state index contributed by atoms with van der Waals surface area (Å²) in [5.41, 5.74) is 1.79. The summed E-state index contributed by atoms with van der Waals surface area (Å²) in [6, 6.07) is 21.1. The van der Waals surface area contributed by atoms with Gasteiger partial charge in [-0.1, -0.05) is 42.5 Å². The molecule has 1 saturated carbocycles. The highest BCUT2D eigenvalue weighted by Crippen LogP contribution is 2.48. The first-order valence-electron chi connectivity index (χ1n) is 10.6. The quantitative estimate of drug-likeness (QED) is 0.500. The molecule has 1 aliphatic carbocycles. The van der Waals surface area contributed by atoms with Gasteiger partial charge in [-0.25, -0.2) is 8.42 Å². The van der Waals surface area contributed by atoms with Crippen molar-refractivity contribution in [1.82, 2.24) is 5.32 Å². The summed E-state index contributed by atoms with van der Waals surface area (Å²) >= 11 is 0. The van der Waals surface area contributed by atoms with Crippen LogP contribution in [-0.4, -0.2) is 28.5 Å². The average Bonchev–Trinajstić information content (AvgIpc) is 3.65. The molecule has 172 valence electrons. The largest absolute Gasteiger partial charge is 0.493 e. The van der Waals surface area contributed by atoms with E-state index >= 15 is 0 Å². The van der Waals surface area contributed by atoms with Gasteiger partial charge in [-0.15, -0.1) is 0 Å². The van der Waals surface area contributed by atoms with Crippen molar-refractivity contribution in [2.75, 3.05) is 18.9 Å². The van der Waals surface area contributed by atoms with E-state index in [9.17, 15) is 13.2 Å². The molecular weight excluding hydrogens is 440 g/mol. The van der Waals surface area contributed by atoms with Crippen LogP contribution in [0.2, 0.25) is 0 Å². The minimum atomic E-state index is -3.82. The third-order valence-corrected chi connectivity index (χ3v) is 7.21. The summed E-state index contributed by atoms with van der Waals surface area (Å²) in [7, 11) is -0.889. The van der Waals surface area contributed by atoms with E-state index in [2.05, 4.69) is 10.0 Å². The number of ether oxygens (including phenoxy) is 2. The predicted octanol–water partition coefficient (Wildman–Crippen LogP) is 3.85. The molecule has 7 nitrogen and oxygen atoms in total. The topological polar surface area (TPSA) is 93.7 Å². The van der Waals surface area contributed by atoms with Gasteiger partial charge in [-0.2, -0.15) is 0 Å². The summed E-state index contributed by atoms with van der Waals surface area (Å²) in [5, 5.41) is 3.02. The standard InChI is InChI=1S/C25H26N2O5S/c1-31-22-13-12-21(16-23(22)32-2)33(29,30)27-20-10-8-19(9-11-20)25(14-15-25)24(28)26-17-18-6-4-3-5-7-18/h3-13,16,27H,14-15,17H2,1-2H3,(H,26,28). The number of hydrogen-bond acceptors (Lipinski definition) is 5. The molecule has 0 spiro atoms. The Kier molecular flexibility index (Phi) is 6.29. The fourth-order valence-corrected chi connectivity index (χ4v) is 4.85. The van der Waals surface area contributed by atoms with Crippen LogP contribution < -0.4 is 19.5 Å². The van der Waals surface area contributed by atoms with Crippen molar-refractivity contribution >= 4 is 21.6 Å². The lowest BCUT2D eigenvalue weighted by atomic mass is 9.94. The Morgan fingerprint density at radius 3 is 2.18 bits per heavy atom. The van der Waals surface area contributed by atoms with E-state index < -0.39 is 15.4 Å². The van der Waals surface area contributed by atoms with Crippen molar-refractivity contribution in [2.24, 2.45) is 0 Å². The predicted molar refractivity (Wildman–Crippen MR) is 126 cm³/mol. The van der Waals surface area contributed by atoms with Crippen LogP contribution in [0.1, 0.15) is 24.0 Å². The first-order chi connectivity index (χ1) is 15.9. The van der Waals surface area contributed by atoms with Gasteiger partial charge in [-0.3, -0.25) is 9.52 Å². The molecule has 8 heteroatoms. The Morgan fingerprint density at radius 2 is 1.58 bits per heavy atom. The minimum Gasteiger partial charge on any atom is -0.493 e. The van der Waals surface area contributed by atoms with Crippen molar-refractivity contribution in [3.8, 4) is 11.5 Å². The first kappa shape index (κ1) is 22.7. The zero-order valence-electron chi connectivity index (χ0n) is 18.5. The van der Waals surface area contributed by atoms with Crippen LogP contribution >= 0.6 is 0 Å². The maximum Gasteiger partial charge on any atom is 0.262 e. The average molecular weight is 467 g/mol. The van der Waals surface area contributed by atoms with Gasteiger partial charge in [-0.05, 0) is 48.2 Å². The highest BCUT2D eigenvalue weighted by molar-refractivity contribution is 7.92. The molecule has 3 aromatic carbocycles. The van der Waals surface area contributed by atoms with Gasteiger partial charge < -0.3 is 14.8 Å². The summed E-state index contributed by atoms with van der Waals surface area (Å²) < 4.78 is 38.6. The molecule has 0 heterocycles. The van der Waals surface area contributed by atoms with E-state index in [4.69, 9.17) is 9.47 Å². The number of benzene rings is 3. The molecule has 33 heavy (non-hydrogen) atoms. The molecule has 0 saturated heterocycles. The minimum absolute atomic E-state index is 0.00925. The number of carbonyl (C=O) groups excluding carboxylic acids is 1. The molecular formula is C25H26N2O5S. The summed E-state index contributed by atoms with van der Waals surface area (Å²) in [4.78, 5) is 12.9. The fraction of sp³-hybridized carbons (Fsp3) is 0.240. The van der Waals surface area contributed by atoms with Crippen LogP contribution in [0, 0.1) is 0 Å². The van der Waals surface area contributed by atoms with Gasteiger partial charge in [0.2, 0.25) is 5.91 Å². The second kappa shape index (κ2) is 9.15. The monoisotopic (exact) mass is 466 g/mol. The van der Waals surface area contributed by atoms with E-state index in [1.54, 1.807) is 18.2 Å². The molecule has 0 aromatic heterocycles. The lowest BCUT2D eigenvalue weighted by molar-refractivity contribution is -0.123. The molecule has 1 fully saturated rings. The second-order valence-corrected chi connectivity index (χ2v) is 9.63. The Labute approximate surface area is 193 Å². The maximum absolute atomic E-state index is 12.9. The van der Waals surface area contributed by atoms with Gasteiger partial charge >= 0.3 is 0 Å². The number of nitrogens with one attached hydrogen (secondary N) is 2. The number of carbonyl (C=O) groups is 1. The number of hydrogen-bond donors (Lipinski definition) is 2. The van der Waals surface area contributed by atoms with Crippen LogP contribution in [0.5, 0.6) is 11.5 Å². The highest BCUT2D eigenvalue weighted by Gasteiger charge is 2.51. The number of anilines is 1. The zero-order valence-corrected chi connectivity index (χ0v) is 19.3. The summed E-state index contributed by atoms with van der Waals surface area (Å²) in [6.07, 6.45) is 1.54. The van der Waals surface area contributed by atoms with Crippen LogP contribution in [0.4, 0.5) is 5.69 Å². The molecule has 0 unspecified atom stereocenters. The Morgan fingerprint density at radius 1 is 0.909 bits per heavy atom. The Balaban J connectivity index is 1.45. The molecule has 1 aliphatic rings. The van der Waals surface area contributed by atoms with Crippen LogP contribution in [-0.2, 0) is 26.8 Å². The number of rotatable bonds is 9. The van der Waals surface area contributed by atoms with E-state index in [0.717, 1.165) is 24.0 Å². The summed E-state index contributed by atoms with van der Waals surface area (Å²) in [6.45, 7) is 0.477. The second-order valence-electron chi connectivity index (χ2n) is 7.95. The normalized spacial score (nSPS) is 14.2. The van der Waals surface area contributed by atoms with Crippen molar-refractivity contribution in [3.05, 3.63) is 83.9 Å². The maximum atomic E-state index is 12.9. The van der Waals surface area contributed by atoms with E-state index in [1.807, 2.05) is 42.5 Å². The van der Waals surface area contributed by atoms with Crippen molar-refractivity contribution in [1.29, 1.82) is 0 Å². The van der Waals surface area contributed by atoms with Crippen molar-refractivity contribution in [2.45, 2.75) is 29.7 Å². The third kappa shape index (κ3) is 4.80. The molecule has 1 amide bonds. The fourth-order valence-electron chi connectivity index (χ4n) is 3.77. The molecule has 2 N–H and O–H groups in total. The van der Waals surface area contributed by atoms with Gasteiger partial charge in [0.25, 0.3) is 10.0 Å². The third-order valence-electron chi connectivity index (χ3n) is 5.84. The zero-order chi connectivity index (χ0) is 23.5. The number of amides is 1. The number of sulfonamides is 1. The molecule has 0 aliphatic heterocycles. The van der Waals surface area contributed by atoms with E-state index in [-0.39, 0.29) is 10.8 Å².